The highest BCUT2D eigenvalue weighted by Crippen LogP contribution is 2.16. The van der Waals surface area contributed by atoms with E-state index in [1.807, 2.05) is 31.2 Å². The van der Waals surface area contributed by atoms with Gasteiger partial charge in [-0.25, -0.2) is 9.48 Å². The molecule has 0 saturated carbocycles. The first-order valence-corrected chi connectivity index (χ1v) is 5.34. The third-order valence-electron chi connectivity index (χ3n) is 2.46. The number of nitrogens with zero attached hydrogens (tertiary/aromatic N) is 3. The van der Waals surface area contributed by atoms with Crippen molar-refractivity contribution in [1.82, 2.24) is 15.0 Å². The molecule has 0 aliphatic heterocycles. The van der Waals surface area contributed by atoms with Gasteiger partial charge in [0.15, 0.2) is 5.15 Å². The van der Waals surface area contributed by atoms with Gasteiger partial charge < -0.3 is 5.11 Å². The maximum absolute atomic E-state index is 10.8. The lowest BCUT2D eigenvalue weighted by Gasteiger charge is -2.05. The maximum atomic E-state index is 10.8. The second-order valence-corrected chi connectivity index (χ2v) is 3.98. The lowest BCUT2D eigenvalue weighted by Crippen LogP contribution is -2.04. The third kappa shape index (κ3) is 2.29. The molecule has 0 amide bonds. The number of rotatable bonds is 3. The first kappa shape index (κ1) is 11.6. The highest BCUT2D eigenvalue weighted by atomic mass is 35.5. The van der Waals surface area contributed by atoms with Crippen LogP contribution in [0.5, 0.6) is 0 Å². The molecule has 0 atom stereocenters. The number of aromatic nitrogens is 3. The quantitative estimate of drug-likeness (QED) is 0.906. The number of hydrogen-bond donors (Lipinski definition) is 1. The van der Waals surface area contributed by atoms with Crippen LogP contribution in [-0.2, 0) is 6.54 Å². The Bertz CT molecular complexity index is 566. The predicted molar refractivity (Wildman–Crippen MR) is 62.3 cm³/mol. The molecule has 1 aromatic carbocycles. The van der Waals surface area contributed by atoms with Crippen LogP contribution in [0.3, 0.4) is 0 Å². The smallest absolute Gasteiger partial charge is 0.359 e. The molecule has 88 valence electrons. The van der Waals surface area contributed by atoms with Gasteiger partial charge in [-0.2, -0.15) is 0 Å². The van der Waals surface area contributed by atoms with Gasteiger partial charge in [-0.1, -0.05) is 41.1 Å². The van der Waals surface area contributed by atoms with Crippen molar-refractivity contribution in [3.63, 3.8) is 0 Å². The molecule has 0 unspecified atom stereocenters. The van der Waals surface area contributed by atoms with Gasteiger partial charge in [-0.15, -0.1) is 5.10 Å². The Labute approximate surface area is 103 Å². The number of aryl methyl sites for hydroxylation is 1. The first-order chi connectivity index (χ1) is 8.09. The van der Waals surface area contributed by atoms with Crippen LogP contribution in [0.25, 0.3) is 0 Å². The number of aromatic carboxylic acids is 1. The Morgan fingerprint density at radius 3 is 2.76 bits per heavy atom. The number of carboxylic acids is 1. The fourth-order valence-electron chi connectivity index (χ4n) is 1.48. The van der Waals surface area contributed by atoms with Crippen LogP contribution in [0.1, 0.15) is 21.6 Å². The topological polar surface area (TPSA) is 68.0 Å². The van der Waals surface area contributed by atoms with Gasteiger partial charge in [0.2, 0.25) is 5.69 Å². The Hall–Kier alpha value is -1.88. The predicted octanol–water partition coefficient (Wildman–Crippen LogP) is 1.99. The summed E-state index contributed by atoms with van der Waals surface area (Å²) in [5.41, 5.74) is 1.90. The van der Waals surface area contributed by atoms with E-state index in [2.05, 4.69) is 10.3 Å². The zero-order valence-corrected chi connectivity index (χ0v) is 9.85. The monoisotopic (exact) mass is 251 g/mol. The zero-order chi connectivity index (χ0) is 12.4. The summed E-state index contributed by atoms with van der Waals surface area (Å²) in [5.74, 6) is -1.17. The summed E-state index contributed by atoms with van der Waals surface area (Å²) in [6.45, 7) is 2.38. The lowest BCUT2D eigenvalue weighted by molar-refractivity contribution is 0.0690. The average molecular weight is 252 g/mol. The highest BCUT2D eigenvalue weighted by Gasteiger charge is 2.17. The summed E-state index contributed by atoms with van der Waals surface area (Å²) in [6, 6.07) is 7.75. The number of hydrogen-bond acceptors (Lipinski definition) is 3. The molecule has 2 aromatic rings. The Morgan fingerprint density at radius 1 is 1.47 bits per heavy atom. The van der Waals surface area contributed by atoms with E-state index in [4.69, 9.17) is 16.7 Å². The van der Waals surface area contributed by atoms with Gasteiger partial charge >= 0.3 is 5.97 Å². The fraction of sp³-hybridized carbons (Fsp3) is 0.182. The average Bonchev–Trinajstić information content (AvgIpc) is 2.64. The third-order valence-corrected chi connectivity index (χ3v) is 2.83. The molecule has 6 heteroatoms. The van der Waals surface area contributed by atoms with Crippen molar-refractivity contribution in [1.29, 1.82) is 0 Å². The van der Waals surface area contributed by atoms with Crippen molar-refractivity contribution < 1.29 is 9.90 Å². The van der Waals surface area contributed by atoms with E-state index in [9.17, 15) is 4.79 Å². The van der Waals surface area contributed by atoms with Crippen LogP contribution in [0.4, 0.5) is 0 Å². The van der Waals surface area contributed by atoms with E-state index >= 15 is 0 Å². The minimum Gasteiger partial charge on any atom is -0.476 e. The molecular weight excluding hydrogens is 242 g/mol. The summed E-state index contributed by atoms with van der Waals surface area (Å²) in [5, 5.41) is 16.1. The van der Waals surface area contributed by atoms with E-state index in [1.165, 1.54) is 4.68 Å². The summed E-state index contributed by atoms with van der Waals surface area (Å²) in [6.07, 6.45) is 0. The number of halogens is 1. The summed E-state index contributed by atoms with van der Waals surface area (Å²) in [4.78, 5) is 10.8. The molecule has 0 aliphatic carbocycles. The molecular formula is C11H10ClN3O2. The van der Waals surface area contributed by atoms with Crippen LogP contribution in [-0.4, -0.2) is 26.1 Å². The van der Waals surface area contributed by atoms with Gasteiger partial charge in [0, 0.05) is 0 Å². The van der Waals surface area contributed by atoms with Gasteiger partial charge in [0.05, 0.1) is 6.54 Å². The van der Waals surface area contributed by atoms with E-state index < -0.39 is 5.97 Å². The largest absolute Gasteiger partial charge is 0.476 e. The van der Waals surface area contributed by atoms with Crippen molar-refractivity contribution in [3.05, 3.63) is 46.2 Å². The number of carbonyl (C=O) groups is 1. The first-order valence-electron chi connectivity index (χ1n) is 4.96. The van der Waals surface area contributed by atoms with Crippen molar-refractivity contribution in [3.8, 4) is 0 Å². The number of carboxylic acid groups (broad SMARTS) is 1. The fourth-order valence-corrected chi connectivity index (χ4v) is 1.69. The molecule has 17 heavy (non-hydrogen) atoms. The molecule has 0 spiro atoms. The summed E-state index contributed by atoms with van der Waals surface area (Å²) in [7, 11) is 0. The summed E-state index contributed by atoms with van der Waals surface area (Å²) < 4.78 is 1.37. The highest BCUT2D eigenvalue weighted by molar-refractivity contribution is 6.32. The van der Waals surface area contributed by atoms with Crippen LogP contribution < -0.4 is 0 Å². The lowest BCUT2D eigenvalue weighted by atomic mass is 10.1. The summed E-state index contributed by atoms with van der Waals surface area (Å²) >= 11 is 5.88. The Kier molecular flexibility index (Phi) is 3.10. The van der Waals surface area contributed by atoms with Gasteiger partial charge in [0.25, 0.3) is 0 Å². The van der Waals surface area contributed by atoms with Crippen LogP contribution in [0, 0.1) is 6.92 Å². The van der Waals surface area contributed by atoms with Gasteiger partial charge in [-0.05, 0) is 18.1 Å². The van der Waals surface area contributed by atoms with Crippen molar-refractivity contribution >= 4 is 17.6 Å². The van der Waals surface area contributed by atoms with E-state index in [0.29, 0.717) is 6.54 Å². The molecule has 0 aliphatic rings. The molecule has 0 radical (unpaired) electrons. The van der Waals surface area contributed by atoms with Crippen molar-refractivity contribution in [2.75, 3.05) is 0 Å². The second kappa shape index (κ2) is 4.55. The number of benzene rings is 1. The Morgan fingerprint density at radius 2 is 2.18 bits per heavy atom. The molecule has 1 heterocycles. The molecule has 1 N–H and O–H groups in total. The van der Waals surface area contributed by atoms with Crippen molar-refractivity contribution in [2.24, 2.45) is 0 Å². The Balaban J connectivity index is 2.31. The van der Waals surface area contributed by atoms with Crippen LogP contribution in [0.2, 0.25) is 5.15 Å². The minimum atomic E-state index is -1.17. The van der Waals surface area contributed by atoms with Gasteiger partial charge in [-0.3, -0.25) is 0 Å². The zero-order valence-electron chi connectivity index (χ0n) is 9.09. The SMILES string of the molecule is Cc1ccccc1Cn1nnc(C(=O)O)c1Cl. The molecule has 5 nitrogen and oxygen atoms in total. The van der Waals surface area contributed by atoms with E-state index in [-0.39, 0.29) is 10.8 Å². The normalized spacial score (nSPS) is 10.5. The standard InChI is InChI=1S/C11H10ClN3O2/c1-7-4-2-3-5-8(7)6-15-10(12)9(11(16)17)13-14-15/h2-5H,6H2,1H3,(H,16,17). The molecule has 0 bridgehead atoms. The second-order valence-electron chi connectivity index (χ2n) is 3.62. The molecule has 0 fully saturated rings. The van der Waals surface area contributed by atoms with Gasteiger partial charge in [0.1, 0.15) is 0 Å². The molecule has 2 rings (SSSR count). The van der Waals surface area contributed by atoms with E-state index in [1.54, 1.807) is 0 Å². The van der Waals surface area contributed by atoms with Crippen LogP contribution in [0.15, 0.2) is 24.3 Å². The molecule has 1 aromatic heterocycles. The van der Waals surface area contributed by atoms with Crippen LogP contribution >= 0.6 is 11.6 Å². The minimum absolute atomic E-state index is 0.0424. The molecule has 0 saturated heterocycles. The maximum Gasteiger partial charge on any atom is 0.359 e. The van der Waals surface area contributed by atoms with Crippen molar-refractivity contribution in [2.45, 2.75) is 13.5 Å². The van der Waals surface area contributed by atoms with E-state index in [0.717, 1.165) is 11.1 Å².